The molecule has 16 nitrogen and oxygen atoms in total. The summed E-state index contributed by atoms with van der Waals surface area (Å²) in [5.41, 5.74) is -9.58. The number of anilines is 1. The molecule has 7 rings (SSSR count). The molecule has 0 spiro atoms. The van der Waals surface area contributed by atoms with Crippen LogP contribution >= 0.6 is 0 Å². The van der Waals surface area contributed by atoms with Crippen molar-refractivity contribution in [3.63, 3.8) is 0 Å². The molecular formula is C39H38N2O14. The Bertz CT molecular complexity index is 2220. The summed E-state index contributed by atoms with van der Waals surface area (Å²) in [6.07, 6.45) is -8.27. The molecule has 6 N–H and O–H groups in total. The fourth-order valence-electron chi connectivity index (χ4n) is 8.54. The lowest BCUT2D eigenvalue weighted by Crippen LogP contribution is -2.73. The number of phenolic OH excluding ortho intramolecular Hbond substituents is 2. The summed E-state index contributed by atoms with van der Waals surface area (Å²) >= 11 is 0. The number of ether oxygens (including phenoxy) is 4. The molecule has 1 aliphatic heterocycles. The van der Waals surface area contributed by atoms with Gasteiger partial charge in [-0.2, -0.15) is 0 Å². The normalized spacial score (nSPS) is 30.7. The van der Waals surface area contributed by atoms with Gasteiger partial charge in [0, 0.05) is 50.1 Å². The highest BCUT2D eigenvalue weighted by Gasteiger charge is 2.72. The Morgan fingerprint density at radius 1 is 0.927 bits per heavy atom. The highest BCUT2D eigenvalue weighted by Crippen LogP contribution is 2.56. The van der Waals surface area contributed by atoms with Crippen LogP contribution in [0.15, 0.2) is 47.5 Å². The first-order chi connectivity index (χ1) is 26.1. The highest BCUT2D eigenvalue weighted by molar-refractivity contribution is 6.53. The van der Waals surface area contributed by atoms with Crippen LogP contribution in [0.3, 0.4) is 0 Å². The number of ketones is 4. The van der Waals surface area contributed by atoms with Crippen molar-refractivity contribution in [2.45, 2.75) is 74.6 Å². The number of rotatable bonds is 6. The molecule has 16 heteroatoms. The molecule has 0 radical (unpaired) electrons. The molecule has 1 saturated heterocycles. The van der Waals surface area contributed by atoms with Crippen molar-refractivity contribution in [2.75, 3.05) is 26.6 Å². The summed E-state index contributed by atoms with van der Waals surface area (Å²) in [7, 11) is 3.59. The summed E-state index contributed by atoms with van der Waals surface area (Å²) in [5.74, 6) is -7.29. The number of aliphatic imine (C=N–C) groups is 1. The van der Waals surface area contributed by atoms with Gasteiger partial charge >= 0.3 is 0 Å². The number of nitrogens with zero attached hydrogens (tertiary/aromatic N) is 1. The lowest BCUT2D eigenvalue weighted by molar-refractivity contribution is -0.228. The van der Waals surface area contributed by atoms with E-state index in [1.807, 2.05) is 0 Å². The molecule has 1 unspecified atom stereocenters. The SMILES string of the molecule is CO[C@@H]1[C@@H](O)[C@@H](OC)C(N=C2CC(=O)c3c(cc4c(c3O)C(=O)[C@]3(OC)[C@H](O)Cc5cc(C)c(C(=O)Nc6ccccc6)c(O)c5[C@]3(O)C4=O)C2=O)O[C@H]1C. The van der Waals surface area contributed by atoms with E-state index in [-0.39, 0.29) is 22.4 Å². The quantitative estimate of drug-likeness (QED) is 0.209. The van der Waals surface area contributed by atoms with Crippen molar-refractivity contribution < 1.29 is 68.5 Å². The third-order valence-corrected chi connectivity index (χ3v) is 11.1. The standard InChI is InChI=1S/C39H38N2O14/c1-15-11-17-12-23(43)39(54-5)35(49)26-20(34(48)38(39,51)27(17)30(46)24(15)36(50)40-18-9-7-6-8-10-18)13-19-25(29(26)45)22(42)14-21(28(19)44)41-37-33(53-4)31(47)32(52-3)16(2)55-37/h6-11,13,16,23,31-33,37,43,45-47,51H,12,14H2,1-5H3,(H,40,50)/t16-,23+,31+,32-,33+,37?,38-,39+/m0/s1. The minimum atomic E-state index is -3.25. The second-order valence-corrected chi connectivity index (χ2v) is 14.0. The minimum Gasteiger partial charge on any atom is -0.507 e. The molecule has 3 aromatic rings. The molecule has 1 fully saturated rings. The van der Waals surface area contributed by atoms with Crippen molar-refractivity contribution in [3.8, 4) is 11.5 Å². The number of carbonyl (C=O) groups excluding carboxylic acids is 5. The summed E-state index contributed by atoms with van der Waals surface area (Å²) in [4.78, 5) is 75.0. The number of aromatic hydroxyl groups is 2. The molecule has 288 valence electrons. The van der Waals surface area contributed by atoms with Gasteiger partial charge in [0.2, 0.25) is 17.3 Å². The topological polar surface area (TPSA) is 248 Å². The van der Waals surface area contributed by atoms with Crippen molar-refractivity contribution in [3.05, 3.63) is 87.0 Å². The zero-order valence-corrected chi connectivity index (χ0v) is 30.3. The molecule has 1 heterocycles. The van der Waals surface area contributed by atoms with Crippen LogP contribution in [-0.4, -0.2) is 124 Å². The van der Waals surface area contributed by atoms with Gasteiger partial charge in [-0.15, -0.1) is 0 Å². The number of aryl methyl sites for hydroxylation is 1. The van der Waals surface area contributed by atoms with Crippen molar-refractivity contribution in [1.82, 2.24) is 0 Å². The van der Waals surface area contributed by atoms with E-state index in [0.29, 0.717) is 5.69 Å². The fraction of sp³-hybridized carbons (Fsp3) is 0.385. The number of fused-ring (bicyclic) bond motifs is 5. The van der Waals surface area contributed by atoms with Crippen LogP contribution in [0.25, 0.3) is 0 Å². The number of amides is 1. The lowest BCUT2D eigenvalue weighted by Gasteiger charge is -2.53. The number of aliphatic hydroxyl groups is 3. The van der Waals surface area contributed by atoms with E-state index in [4.69, 9.17) is 18.9 Å². The zero-order valence-electron chi connectivity index (χ0n) is 30.3. The monoisotopic (exact) mass is 758 g/mol. The molecule has 8 atom stereocenters. The average molecular weight is 759 g/mol. The number of para-hydroxylation sites is 1. The number of carbonyl (C=O) groups is 5. The van der Waals surface area contributed by atoms with E-state index in [1.54, 1.807) is 37.3 Å². The van der Waals surface area contributed by atoms with E-state index in [0.717, 1.165) is 13.2 Å². The van der Waals surface area contributed by atoms with E-state index in [1.165, 1.54) is 27.2 Å². The average Bonchev–Trinajstić information content (AvgIpc) is 3.13. The summed E-state index contributed by atoms with van der Waals surface area (Å²) in [6.45, 7) is 3.10. The predicted molar refractivity (Wildman–Crippen MR) is 190 cm³/mol. The van der Waals surface area contributed by atoms with Gasteiger partial charge in [-0.3, -0.25) is 29.0 Å². The number of nitrogens with one attached hydrogen (secondary N) is 1. The molecule has 0 aromatic heterocycles. The van der Waals surface area contributed by atoms with Gasteiger partial charge in [-0.25, -0.2) is 0 Å². The van der Waals surface area contributed by atoms with Gasteiger partial charge in [0.1, 0.15) is 29.8 Å². The number of hydrogen-bond acceptors (Lipinski definition) is 15. The summed E-state index contributed by atoms with van der Waals surface area (Å²) in [5, 5.41) is 61.1. The van der Waals surface area contributed by atoms with Crippen LogP contribution in [-0.2, 0) is 31.0 Å². The van der Waals surface area contributed by atoms with Gasteiger partial charge in [-0.05, 0) is 43.2 Å². The second-order valence-electron chi connectivity index (χ2n) is 14.0. The molecule has 3 aliphatic carbocycles. The Hall–Kier alpha value is -5.20. The number of Topliss-reactive ketones (excluding diaryl/α,β-unsaturated/α-hetero) is 4. The Morgan fingerprint density at radius 2 is 1.60 bits per heavy atom. The Labute approximate surface area is 313 Å². The van der Waals surface area contributed by atoms with Crippen molar-refractivity contribution in [2.24, 2.45) is 4.99 Å². The second kappa shape index (κ2) is 13.5. The smallest absolute Gasteiger partial charge is 0.259 e. The van der Waals surface area contributed by atoms with Crippen LogP contribution in [0.1, 0.15) is 81.8 Å². The molecule has 55 heavy (non-hydrogen) atoms. The van der Waals surface area contributed by atoms with Crippen LogP contribution in [0.2, 0.25) is 0 Å². The number of phenols is 2. The number of hydrogen-bond donors (Lipinski definition) is 6. The van der Waals surface area contributed by atoms with Gasteiger partial charge in [0.15, 0.2) is 23.2 Å². The molecule has 4 aliphatic rings. The number of aliphatic hydroxyl groups excluding tert-OH is 2. The third kappa shape index (κ3) is 5.24. The number of methoxy groups -OCH3 is 3. The van der Waals surface area contributed by atoms with Crippen LogP contribution in [0, 0.1) is 6.92 Å². The van der Waals surface area contributed by atoms with E-state index < -0.39 is 129 Å². The largest absolute Gasteiger partial charge is 0.507 e. The molecule has 1 amide bonds. The molecule has 3 aromatic carbocycles. The van der Waals surface area contributed by atoms with Gasteiger partial charge < -0.3 is 49.8 Å². The highest BCUT2D eigenvalue weighted by atomic mass is 16.6. The van der Waals surface area contributed by atoms with Crippen LogP contribution in [0.4, 0.5) is 5.69 Å². The van der Waals surface area contributed by atoms with Gasteiger partial charge in [0.25, 0.3) is 5.91 Å². The molecular weight excluding hydrogens is 720 g/mol. The predicted octanol–water partition coefficient (Wildman–Crippen LogP) is 1.57. The van der Waals surface area contributed by atoms with Gasteiger partial charge in [-0.1, -0.05) is 24.3 Å². The minimum absolute atomic E-state index is 0.00805. The van der Waals surface area contributed by atoms with E-state index in [2.05, 4.69) is 10.3 Å². The number of benzene rings is 3. The zero-order chi connectivity index (χ0) is 39.9. The van der Waals surface area contributed by atoms with Crippen molar-refractivity contribution in [1.29, 1.82) is 0 Å². The summed E-state index contributed by atoms with van der Waals surface area (Å²) in [6, 6.07) is 10.5. The third-order valence-electron chi connectivity index (χ3n) is 11.1. The maximum Gasteiger partial charge on any atom is 0.259 e. The van der Waals surface area contributed by atoms with Gasteiger partial charge in [0.05, 0.1) is 41.0 Å². The Kier molecular flexibility index (Phi) is 9.37. The summed E-state index contributed by atoms with van der Waals surface area (Å²) < 4.78 is 22.1. The lowest BCUT2D eigenvalue weighted by atomic mass is 9.56. The first-order valence-electron chi connectivity index (χ1n) is 17.3. The first-order valence-corrected chi connectivity index (χ1v) is 17.3. The maximum absolute atomic E-state index is 14.8. The maximum atomic E-state index is 14.8. The Morgan fingerprint density at radius 3 is 2.24 bits per heavy atom. The molecule has 0 bridgehead atoms. The molecule has 0 saturated carbocycles. The fourth-order valence-corrected chi connectivity index (χ4v) is 8.54. The van der Waals surface area contributed by atoms with Crippen LogP contribution in [0.5, 0.6) is 11.5 Å². The van der Waals surface area contributed by atoms with E-state index >= 15 is 0 Å². The van der Waals surface area contributed by atoms with Crippen molar-refractivity contribution >= 4 is 40.4 Å². The Balaban J connectivity index is 1.38. The van der Waals surface area contributed by atoms with E-state index in [9.17, 15) is 49.5 Å². The van der Waals surface area contributed by atoms with Crippen LogP contribution < -0.4 is 5.32 Å². The first kappa shape index (κ1) is 38.1.